The number of hydrogen-bond donors (Lipinski definition) is 1. The van der Waals surface area contributed by atoms with Crippen LogP contribution in [0.2, 0.25) is 0 Å². The zero-order valence-corrected chi connectivity index (χ0v) is 15.5. The van der Waals surface area contributed by atoms with Crippen molar-refractivity contribution in [3.05, 3.63) is 28.2 Å². The summed E-state index contributed by atoms with van der Waals surface area (Å²) < 4.78 is 5.90. The van der Waals surface area contributed by atoms with E-state index >= 15 is 0 Å². The zero-order chi connectivity index (χ0) is 18.4. The summed E-state index contributed by atoms with van der Waals surface area (Å²) in [5.74, 6) is -0.834. The van der Waals surface area contributed by atoms with Crippen molar-refractivity contribution in [3.8, 4) is 0 Å². The number of primary amides is 1. The number of ether oxygens (including phenoxy) is 1. The third-order valence-corrected chi connectivity index (χ3v) is 5.53. The second kappa shape index (κ2) is 6.59. The number of hydrogen-bond acceptors (Lipinski definition) is 4. The molecule has 0 aliphatic carbocycles. The molecule has 2 aliphatic heterocycles. The standard InChI is InChI=1S/C16H18B2BrN3O3/c1-2-25-15(24)21-7-6-12-10(8-21)9-4-3-5-11(19)13(9)22(12)16(17,18)14(20)23/h3-5,10,12H,2,6-8H2,1H3,(H2,20,23)/t10-,12-/m0/s1. The lowest BCUT2D eigenvalue weighted by atomic mass is 9.59. The molecule has 2 heterocycles. The second-order valence-corrected chi connectivity index (χ2v) is 7.20. The number of rotatable bonds is 3. The van der Waals surface area contributed by atoms with Crippen LogP contribution in [0, 0.1) is 0 Å². The van der Waals surface area contributed by atoms with Gasteiger partial charge >= 0.3 is 6.09 Å². The first kappa shape index (κ1) is 18.2. The molecule has 1 aromatic rings. The van der Waals surface area contributed by atoms with Crippen molar-refractivity contribution in [2.75, 3.05) is 24.6 Å². The molecule has 1 saturated heterocycles. The molecule has 25 heavy (non-hydrogen) atoms. The lowest BCUT2D eigenvalue weighted by Gasteiger charge is -2.45. The molecular weight excluding hydrogens is 384 g/mol. The van der Waals surface area contributed by atoms with Crippen LogP contribution in [0.15, 0.2) is 22.7 Å². The van der Waals surface area contributed by atoms with Crippen LogP contribution in [-0.2, 0) is 9.53 Å². The largest absolute Gasteiger partial charge is 0.450 e. The summed E-state index contributed by atoms with van der Waals surface area (Å²) in [5, 5.41) is -1.82. The average molecular weight is 402 g/mol. The molecule has 2 aliphatic rings. The van der Waals surface area contributed by atoms with Crippen molar-refractivity contribution in [1.82, 2.24) is 4.90 Å². The monoisotopic (exact) mass is 401 g/mol. The lowest BCUT2D eigenvalue weighted by molar-refractivity contribution is -0.118. The Kier molecular flexibility index (Phi) is 4.79. The first-order chi connectivity index (χ1) is 11.8. The highest BCUT2D eigenvalue weighted by atomic mass is 79.9. The molecule has 2 amide bonds. The molecule has 0 aromatic heterocycles. The highest BCUT2D eigenvalue weighted by Crippen LogP contribution is 2.49. The number of likely N-dealkylation sites (tertiary alicyclic amines) is 1. The summed E-state index contributed by atoms with van der Waals surface area (Å²) in [5.41, 5.74) is 7.20. The maximum atomic E-state index is 12.1. The number of carbonyl (C=O) groups excluding carboxylic acids is 2. The van der Waals surface area contributed by atoms with Gasteiger partial charge in [0, 0.05) is 34.9 Å². The van der Waals surface area contributed by atoms with Gasteiger partial charge in [-0.1, -0.05) is 12.1 Å². The van der Waals surface area contributed by atoms with E-state index < -0.39 is 11.2 Å². The van der Waals surface area contributed by atoms with Crippen molar-refractivity contribution in [1.29, 1.82) is 0 Å². The predicted octanol–water partition coefficient (Wildman–Crippen LogP) is 1.06. The van der Waals surface area contributed by atoms with Crippen molar-refractivity contribution >= 4 is 49.3 Å². The Morgan fingerprint density at radius 1 is 1.44 bits per heavy atom. The highest BCUT2D eigenvalue weighted by molar-refractivity contribution is 9.10. The summed E-state index contributed by atoms with van der Waals surface area (Å²) in [6.07, 6.45) is 0.270. The maximum absolute atomic E-state index is 12.1. The Morgan fingerprint density at radius 3 is 2.80 bits per heavy atom. The van der Waals surface area contributed by atoms with E-state index in [1.54, 1.807) is 16.7 Å². The molecule has 1 aromatic carbocycles. The molecule has 0 unspecified atom stereocenters. The van der Waals surface area contributed by atoms with Gasteiger partial charge in [0.1, 0.15) is 15.7 Å². The van der Waals surface area contributed by atoms with E-state index in [-0.39, 0.29) is 18.1 Å². The van der Waals surface area contributed by atoms with Gasteiger partial charge in [0.2, 0.25) is 5.91 Å². The van der Waals surface area contributed by atoms with Crippen LogP contribution >= 0.6 is 15.9 Å². The Morgan fingerprint density at radius 2 is 2.16 bits per heavy atom. The average Bonchev–Trinajstić information content (AvgIpc) is 2.90. The van der Waals surface area contributed by atoms with E-state index in [1.807, 2.05) is 18.2 Å². The molecule has 2 N–H and O–H groups in total. The fourth-order valence-electron chi connectivity index (χ4n) is 3.76. The van der Waals surface area contributed by atoms with Gasteiger partial charge in [-0.2, -0.15) is 0 Å². The van der Waals surface area contributed by atoms with E-state index in [0.29, 0.717) is 26.1 Å². The molecule has 0 saturated carbocycles. The van der Waals surface area contributed by atoms with Gasteiger partial charge in [0.05, 0.1) is 12.3 Å². The van der Waals surface area contributed by atoms with E-state index in [9.17, 15) is 9.59 Å². The van der Waals surface area contributed by atoms with E-state index in [4.69, 9.17) is 26.2 Å². The molecule has 9 heteroatoms. The van der Waals surface area contributed by atoms with Crippen LogP contribution in [0.3, 0.4) is 0 Å². The van der Waals surface area contributed by atoms with Crippen LogP contribution in [0.5, 0.6) is 0 Å². The Hall–Kier alpha value is -1.63. The van der Waals surface area contributed by atoms with Crippen LogP contribution in [0.25, 0.3) is 0 Å². The van der Waals surface area contributed by atoms with Gasteiger partial charge in [-0.15, -0.1) is 0 Å². The molecule has 6 nitrogen and oxygen atoms in total. The second-order valence-electron chi connectivity index (χ2n) is 6.34. The number of para-hydroxylation sites is 1. The number of anilines is 1. The first-order valence-corrected chi connectivity index (χ1v) is 8.95. The fourth-order valence-corrected chi connectivity index (χ4v) is 4.34. The minimum Gasteiger partial charge on any atom is -0.450 e. The Labute approximate surface area is 158 Å². The van der Waals surface area contributed by atoms with Gasteiger partial charge in [-0.3, -0.25) is 4.79 Å². The van der Waals surface area contributed by atoms with Gasteiger partial charge in [0.25, 0.3) is 0 Å². The SMILES string of the molecule is [B]C([B])(C(N)=O)N1c2c(Br)cccc2[C@@H]2CN(C(=O)OCC)CC[C@@H]21. The third-order valence-electron chi connectivity index (χ3n) is 4.89. The van der Waals surface area contributed by atoms with Gasteiger partial charge in [-0.25, -0.2) is 4.79 Å². The van der Waals surface area contributed by atoms with E-state index in [2.05, 4.69) is 15.9 Å². The zero-order valence-electron chi connectivity index (χ0n) is 13.9. The molecule has 0 bridgehead atoms. The van der Waals surface area contributed by atoms with Crippen molar-refractivity contribution in [3.63, 3.8) is 0 Å². The lowest BCUT2D eigenvalue weighted by Crippen LogP contribution is -2.63. The third kappa shape index (κ3) is 2.92. The van der Waals surface area contributed by atoms with Crippen LogP contribution in [0.4, 0.5) is 10.5 Å². The maximum Gasteiger partial charge on any atom is 0.409 e. The van der Waals surface area contributed by atoms with Crippen LogP contribution in [0.1, 0.15) is 24.8 Å². The normalized spacial score (nSPS) is 22.3. The predicted molar refractivity (Wildman–Crippen MR) is 99.8 cm³/mol. The minimum absolute atomic E-state index is 0.0310. The number of nitrogens with two attached hydrogens (primary N) is 1. The van der Waals surface area contributed by atoms with Crippen molar-refractivity contribution < 1.29 is 14.3 Å². The van der Waals surface area contributed by atoms with Gasteiger partial charge in [-0.05, 0) is 40.9 Å². The summed E-state index contributed by atoms with van der Waals surface area (Å²) in [6, 6.07) is 5.61. The van der Waals surface area contributed by atoms with Gasteiger partial charge in [0.15, 0.2) is 0 Å². The minimum atomic E-state index is -1.82. The number of benzene rings is 1. The van der Waals surface area contributed by atoms with Crippen molar-refractivity contribution in [2.45, 2.75) is 30.6 Å². The summed E-state index contributed by atoms with van der Waals surface area (Å²) in [6.45, 7) is 3.07. The molecule has 0 spiro atoms. The molecular formula is C16H18B2BrN3O3. The number of fused-ring (bicyclic) bond motifs is 3. The molecule has 128 valence electrons. The number of piperidine rings is 1. The number of nitrogens with zero attached hydrogens (tertiary/aromatic N) is 2. The molecule has 3 rings (SSSR count). The summed E-state index contributed by atoms with van der Waals surface area (Å²) in [4.78, 5) is 27.4. The Bertz CT molecular complexity index is 716. The number of halogens is 1. The fraction of sp³-hybridized carbons (Fsp3) is 0.500. The topological polar surface area (TPSA) is 75.9 Å². The molecule has 1 fully saturated rings. The van der Waals surface area contributed by atoms with Crippen LogP contribution in [-0.4, -0.2) is 63.7 Å². The van der Waals surface area contributed by atoms with Crippen molar-refractivity contribution in [2.24, 2.45) is 5.73 Å². The highest BCUT2D eigenvalue weighted by Gasteiger charge is 2.49. The van der Waals surface area contributed by atoms with E-state index in [1.165, 1.54) is 0 Å². The number of carbonyl (C=O) groups is 2. The Balaban J connectivity index is 2.01. The smallest absolute Gasteiger partial charge is 0.409 e. The van der Waals surface area contributed by atoms with E-state index in [0.717, 1.165) is 15.7 Å². The quantitative estimate of drug-likeness (QED) is 0.768. The number of amides is 2. The molecule has 2 atom stereocenters. The summed E-state index contributed by atoms with van der Waals surface area (Å²) in [7, 11) is 12.2. The molecule has 4 radical (unpaired) electrons. The van der Waals surface area contributed by atoms with Crippen LogP contribution < -0.4 is 10.6 Å². The summed E-state index contributed by atoms with van der Waals surface area (Å²) >= 11 is 3.52. The first-order valence-electron chi connectivity index (χ1n) is 8.16. The van der Waals surface area contributed by atoms with Gasteiger partial charge < -0.3 is 20.3 Å².